The maximum absolute atomic E-state index is 5.96. The second-order valence-electron chi connectivity index (χ2n) is 6.44. The number of piperidine rings is 1. The molecule has 0 radical (unpaired) electrons. The number of aromatic nitrogens is 1. The number of ether oxygens (including phenoxy) is 3. The van der Waals surface area contributed by atoms with Crippen LogP contribution in [0.2, 0.25) is 0 Å². The Hall–Kier alpha value is -2.27. The van der Waals surface area contributed by atoms with E-state index in [1.165, 1.54) is 18.4 Å². The molecule has 3 rings (SSSR count). The third-order valence-corrected chi connectivity index (χ3v) is 4.56. The van der Waals surface area contributed by atoms with Crippen LogP contribution < -0.4 is 14.2 Å². The summed E-state index contributed by atoms with van der Waals surface area (Å²) in [6.45, 7) is 3.87. The van der Waals surface area contributed by atoms with Crippen molar-refractivity contribution in [3.05, 3.63) is 48.2 Å². The molecule has 1 fully saturated rings. The predicted molar refractivity (Wildman–Crippen MR) is 97.3 cm³/mol. The Labute approximate surface area is 149 Å². The highest BCUT2D eigenvalue weighted by Crippen LogP contribution is 2.22. The molecule has 0 spiro atoms. The van der Waals surface area contributed by atoms with Gasteiger partial charge >= 0.3 is 0 Å². The summed E-state index contributed by atoms with van der Waals surface area (Å²) in [5.41, 5.74) is 1.22. The molecule has 1 aromatic heterocycles. The SMILES string of the molecule is COc1ccc(OC[C@@H]2CCCN(Cc3ccc(OC)nc3)C2)cc1. The van der Waals surface area contributed by atoms with Crippen LogP contribution in [0.5, 0.6) is 17.4 Å². The van der Waals surface area contributed by atoms with Crippen LogP contribution in [-0.2, 0) is 6.54 Å². The standard InChI is InChI=1S/C20H26N2O3/c1-23-18-6-8-19(9-7-18)25-15-17-4-3-11-22(14-17)13-16-5-10-20(24-2)21-12-16/h5-10,12,17H,3-4,11,13-15H2,1-2H3/t17-/m1/s1. The van der Waals surface area contributed by atoms with Crippen LogP contribution in [0, 0.1) is 5.92 Å². The van der Waals surface area contributed by atoms with Crippen molar-refractivity contribution in [1.82, 2.24) is 9.88 Å². The summed E-state index contributed by atoms with van der Waals surface area (Å²) in [5, 5.41) is 0. The van der Waals surface area contributed by atoms with E-state index in [0.29, 0.717) is 11.8 Å². The first-order chi connectivity index (χ1) is 12.3. The Morgan fingerprint density at radius 2 is 1.84 bits per heavy atom. The van der Waals surface area contributed by atoms with Crippen LogP contribution in [0.1, 0.15) is 18.4 Å². The van der Waals surface area contributed by atoms with Crippen LogP contribution >= 0.6 is 0 Å². The first-order valence-electron chi connectivity index (χ1n) is 8.75. The molecule has 25 heavy (non-hydrogen) atoms. The number of methoxy groups -OCH3 is 2. The average Bonchev–Trinajstić information content (AvgIpc) is 2.68. The fourth-order valence-electron chi connectivity index (χ4n) is 3.20. The van der Waals surface area contributed by atoms with Crippen LogP contribution in [-0.4, -0.2) is 43.8 Å². The highest BCUT2D eigenvalue weighted by Gasteiger charge is 2.20. The molecule has 1 aliphatic heterocycles. The Kier molecular flexibility index (Phi) is 6.12. The molecule has 2 aromatic rings. The van der Waals surface area contributed by atoms with E-state index in [2.05, 4.69) is 16.0 Å². The lowest BCUT2D eigenvalue weighted by molar-refractivity contribution is 0.125. The minimum Gasteiger partial charge on any atom is -0.497 e. The van der Waals surface area contributed by atoms with Crippen LogP contribution in [0.15, 0.2) is 42.6 Å². The number of pyridine rings is 1. The van der Waals surface area contributed by atoms with Gasteiger partial charge in [-0.05, 0) is 49.2 Å². The molecule has 0 amide bonds. The largest absolute Gasteiger partial charge is 0.497 e. The van der Waals surface area contributed by atoms with Gasteiger partial charge in [-0.2, -0.15) is 0 Å². The summed E-state index contributed by atoms with van der Waals surface area (Å²) >= 11 is 0. The minimum absolute atomic E-state index is 0.557. The van der Waals surface area contributed by atoms with E-state index in [1.54, 1.807) is 14.2 Å². The molecule has 0 unspecified atom stereocenters. The minimum atomic E-state index is 0.557. The second-order valence-corrected chi connectivity index (χ2v) is 6.44. The fraction of sp³-hybridized carbons (Fsp3) is 0.450. The van der Waals surface area contributed by atoms with Gasteiger partial charge in [0.15, 0.2) is 0 Å². The zero-order valence-corrected chi connectivity index (χ0v) is 15.0. The van der Waals surface area contributed by atoms with E-state index in [1.807, 2.05) is 36.5 Å². The molecular weight excluding hydrogens is 316 g/mol. The molecule has 2 heterocycles. The van der Waals surface area contributed by atoms with Crippen molar-refractivity contribution < 1.29 is 14.2 Å². The van der Waals surface area contributed by atoms with Gasteiger partial charge in [-0.3, -0.25) is 4.90 Å². The Morgan fingerprint density at radius 3 is 2.52 bits per heavy atom. The predicted octanol–water partition coefficient (Wildman–Crippen LogP) is 3.39. The Balaban J connectivity index is 1.48. The van der Waals surface area contributed by atoms with Gasteiger partial charge in [0.1, 0.15) is 11.5 Å². The molecular formula is C20H26N2O3. The number of rotatable bonds is 7. The van der Waals surface area contributed by atoms with Gasteiger partial charge in [0, 0.05) is 31.3 Å². The Morgan fingerprint density at radius 1 is 1.04 bits per heavy atom. The molecule has 1 aliphatic rings. The van der Waals surface area contributed by atoms with Crippen molar-refractivity contribution in [2.75, 3.05) is 33.9 Å². The highest BCUT2D eigenvalue weighted by molar-refractivity contribution is 5.31. The molecule has 5 nitrogen and oxygen atoms in total. The Bertz CT molecular complexity index is 643. The van der Waals surface area contributed by atoms with E-state index >= 15 is 0 Å². The zero-order valence-electron chi connectivity index (χ0n) is 15.0. The third kappa shape index (κ3) is 5.10. The van der Waals surface area contributed by atoms with Gasteiger partial charge in [-0.15, -0.1) is 0 Å². The zero-order chi connectivity index (χ0) is 17.5. The lowest BCUT2D eigenvalue weighted by Crippen LogP contribution is -2.37. The van der Waals surface area contributed by atoms with Crippen molar-refractivity contribution in [3.63, 3.8) is 0 Å². The first-order valence-corrected chi connectivity index (χ1v) is 8.75. The number of hydrogen-bond donors (Lipinski definition) is 0. The smallest absolute Gasteiger partial charge is 0.212 e. The average molecular weight is 342 g/mol. The monoisotopic (exact) mass is 342 g/mol. The number of likely N-dealkylation sites (tertiary alicyclic amines) is 1. The number of benzene rings is 1. The van der Waals surface area contributed by atoms with Gasteiger partial charge in [0.25, 0.3) is 0 Å². The lowest BCUT2D eigenvalue weighted by atomic mass is 9.98. The summed E-state index contributed by atoms with van der Waals surface area (Å²) in [4.78, 5) is 6.77. The molecule has 134 valence electrons. The highest BCUT2D eigenvalue weighted by atomic mass is 16.5. The van der Waals surface area contributed by atoms with Crippen molar-refractivity contribution in [3.8, 4) is 17.4 Å². The number of hydrogen-bond acceptors (Lipinski definition) is 5. The van der Waals surface area contributed by atoms with Crippen LogP contribution in [0.3, 0.4) is 0 Å². The topological polar surface area (TPSA) is 43.8 Å². The maximum atomic E-state index is 5.96. The third-order valence-electron chi connectivity index (χ3n) is 4.56. The van der Waals surface area contributed by atoms with Gasteiger partial charge in [-0.1, -0.05) is 6.07 Å². The van der Waals surface area contributed by atoms with E-state index < -0.39 is 0 Å². The van der Waals surface area contributed by atoms with Crippen LogP contribution in [0.4, 0.5) is 0 Å². The van der Waals surface area contributed by atoms with Gasteiger partial charge in [0.05, 0.1) is 20.8 Å². The van der Waals surface area contributed by atoms with E-state index in [0.717, 1.165) is 37.7 Å². The fourth-order valence-corrected chi connectivity index (χ4v) is 3.20. The molecule has 1 aromatic carbocycles. The molecule has 5 heteroatoms. The molecule has 1 atom stereocenters. The van der Waals surface area contributed by atoms with Crippen LogP contribution in [0.25, 0.3) is 0 Å². The van der Waals surface area contributed by atoms with Crippen molar-refractivity contribution >= 4 is 0 Å². The van der Waals surface area contributed by atoms with E-state index in [-0.39, 0.29) is 0 Å². The summed E-state index contributed by atoms with van der Waals surface area (Å²) in [6.07, 6.45) is 4.32. The van der Waals surface area contributed by atoms with Gasteiger partial charge in [0.2, 0.25) is 5.88 Å². The molecule has 0 aliphatic carbocycles. The summed E-state index contributed by atoms with van der Waals surface area (Å²) in [5.74, 6) is 2.97. The normalized spacial score (nSPS) is 17.9. The molecule has 1 saturated heterocycles. The van der Waals surface area contributed by atoms with Crippen molar-refractivity contribution in [1.29, 1.82) is 0 Å². The summed E-state index contributed by atoms with van der Waals surface area (Å²) in [7, 11) is 3.31. The first kappa shape index (κ1) is 17.5. The van der Waals surface area contributed by atoms with E-state index in [4.69, 9.17) is 14.2 Å². The summed E-state index contributed by atoms with van der Waals surface area (Å²) < 4.78 is 16.3. The maximum Gasteiger partial charge on any atom is 0.212 e. The van der Waals surface area contributed by atoms with Gasteiger partial charge in [-0.25, -0.2) is 4.98 Å². The molecule has 0 N–H and O–H groups in total. The molecule has 0 saturated carbocycles. The molecule has 0 bridgehead atoms. The van der Waals surface area contributed by atoms with E-state index in [9.17, 15) is 0 Å². The van der Waals surface area contributed by atoms with Gasteiger partial charge < -0.3 is 14.2 Å². The quantitative estimate of drug-likeness (QED) is 0.772. The number of nitrogens with zero attached hydrogens (tertiary/aromatic N) is 2. The summed E-state index contributed by atoms with van der Waals surface area (Å²) in [6, 6.07) is 11.8. The second kappa shape index (κ2) is 8.72. The van der Waals surface area contributed by atoms with Crippen molar-refractivity contribution in [2.45, 2.75) is 19.4 Å². The lowest BCUT2D eigenvalue weighted by Gasteiger charge is -2.32. The van der Waals surface area contributed by atoms with Crippen molar-refractivity contribution in [2.24, 2.45) is 5.92 Å².